The number of hydrogen-bond acceptors (Lipinski definition) is 1. The van der Waals surface area contributed by atoms with Gasteiger partial charge in [0.15, 0.2) is 5.78 Å². The van der Waals surface area contributed by atoms with E-state index in [0.717, 1.165) is 11.1 Å². The highest BCUT2D eigenvalue weighted by atomic mass is 16.1. The van der Waals surface area contributed by atoms with Gasteiger partial charge in [-0.1, -0.05) is 6.08 Å². The molecular weight excluding hydrogens is 100 g/mol. The van der Waals surface area contributed by atoms with E-state index in [-0.39, 0.29) is 5.78 Å². The fraction of sp³-hybridized carbons (Fsp3) is 0.286. The van der Waals surface area contributed by atoms with E-state index in [9.17, 15) is 4.79 Å². The van der Waals surface area contributed by atoms with E-state index in [2.05, 4.69) is 0 Å². The van der Waals surface area contributed by atoms with Gasteiger partial charge in [-0.05, 0) is 31.1 Å². The second-order valence-corrected chi connectivity index (χ2v) is 2.01. The molecule has 0 aromatic rings. The van der Waals surface area contributed by atoms with Crippen LogP contribution < -0.4 is 0 Å². The van der Waals surface area contributed by atoms with Crippen LogP contribution in [0.25, 0.3) is 0 Å². The number of ketones is 1. The van der Waals surface area contributed by atoms with Crippen LogP contribution in [0.5, 0.6) is 0 Å². The van der Waals surface area contributed by atoms with Crippen molar-refractivity contribution in [2.45, 2.75) is 13.8 Å². The first-order valence-corrected chi connectivity index (χ1v) is 2.61. The van der Waals surface area contributed by atoms with Gasteiger partial charge in [0.25, 0.3) is 0 Å². The Morgan fingerprint density at radius 3 is 2.00 bits per heavy atom. The van der Waals surface area contributed by atoms with Gasteiger partial charge in [-0.3, -0.25) is 4.79 Å². The summed E-state index contributed by atoms with van der Waals surface area (Å²) in [7, 11) is 0. The van der Waals surface area contributed by atoms with Crippen molar-refractivity contribution >= 4 is 5.78 Å². The van der Waals surface area contributed by atoms with Gasteiger partial charge in [-0.25, -0.2) is 0 Å². The van der Waals surface area contributed by atoms with Crippen LogP contribution in [0, 0.1) is 0 Å². The van der Waals surface area contributed by atoms with Gasteiger partial charge in [-0.2, -0.15) is 0 Å². The quantitative estimate of drug-likeness (QED) is 0.459. The summed E-state index contributed by atoms with van der Waals surface area (Å²) < 4.78 is 0. The van der Waals surface area contributed by atoms with E-state index >= 15 is 0 Å². The highest BCUT2D eigenvalue weighted by molar-refractivity contribution is 6.07. The summed E-state index contributed by atoms with van der Waals surface area (Å²) in [5, 5.41) is 0. The Kier molecular flexibility index (Phi) is 1.05. The summed E-state index contributed by atoms with van der Waals surface area (Å²) in [4.78, 5) is 10.6. The van der Waals surface area contributed by atoms with Crippen LogP contribution in [0.1, 0.15) is 13.8 Å². The lowest BCUT2D eigenvalue weighted by Gasteiger charge is -1.86. The molecule has 0 aromatic heterocycles. The summed E-state index contributed by atoms with van der Waals surface area (Å²) in [5.74, 6) is 0.155. The van der Waals surface area contributed by atoms with Crippen molar-refractivity contribution in [2.75, 3.05) is 0 Å². The Hall–Kier alpha value is -0.850. The topological polar surface area (TPSA) is 17.1 Å². The number of carbonyl (C=O) groups excluding carboxylic acids is 1. The maximum atomic E-state index is 10.6. The number of carbonyl (C=O) groups is 1. The van der Waals surface area contributed by atoms with Gasteiger partial charge in [0.05, 0.1) is 0 Å². The highest BCUT2D eigenvalue weighted by Gasteiger charge is 2.07. The molecule has 1 rings (SSSR count). The average molecular weight is 108 g/mol. The standard InChI is InChI=1S/C7H8O/c1-5-3-4-7(8)6(5)2/h3-4H,1-2H3. The summed E-state index contributed by atoms with van der Waals surface area (Å²) in [6.07, 6.45) is 3.45. The molecule has 0 fully saturated rings. The SMILES string of the molecule is CC1=C(C)C(=O)C=C1. The molecule has 0 heterocycles. The Labute approximate surface area is 48.7 Å². The molecule has 0 bridgehead atoms. The Morgan fingerprint density at radius 1 is 1.25 bits per heavy atom. The van der Waals surface area contributed by atoms with Crippen molar-refractivity contribution in [1.82, 2.24) is 0 Å². The molecule has 1 heteroatoms. The van der Waals surface area contributed by atoms with Crippen molar-refractivity contribution < 1.29 is 4.79 Å². The summed E-state index contributed by atoms with van der Waals surface area (Å²) in [6.45, 7) is 3.79. The van der Waals surface area contributed by atoms with Crippen LogP contribution in [0.4, 0.5) is 0 Å². The molecule has 1 aliphatic carbocycles. The lowest BCUT2D eigenvalue weighted by molar-refractivity contribution is -0.111. The van der Waals surface area contributed by atoms with Crippen molar-refractivity contribution in [3.8, 4) is 0 Å². The van der Waals surface area contributed by atoms with E-state index in [1.165, 1.54) is 0 Å². The second-order valence-electron chi connectivity index (χ2n) is 2.01. The average Bonchev–Trinajstić information content (AvgIpc) is 1.98. The molecule has 0 unspecified atom stereocenters. The fourth-order valence-corrected chi connectivity index (χ4v) is 0.645. The molecule has 0 aromatic carbocycles. The highest BCUT2D eigenvalue weighted by Crippen LogP contribution is 2.12. The van der Waals surface area contributed by atoms with Crippen molar-refractivity contribution in [3.05, 3.63) is 23.3 Å². The molecule has 1 aliphatic rings. The molecule has 8 heavy (non-hydrogen) atoms. The maximum absolute atomic E-state index is 10.6. The predicted octanol–water partition coefficient (Wildman–Crippen LogP) is 1.46. The van der Waals surface area contributed by atoms with Gasteiger partial charge in [0.2, 0.25) is 0 Å². The van der Waals surface area contributed by atoms with Crippen LogP contribution in [-0.2, 0) is 4.79 Å². The third-order valence-corrected chi connectivity index (χ3v) is 1.45. The third kappa shape index (κ3) is 0.601. The molecule has 42 valence electrons. The first kappa shape index (κ1) is 5.29. The predicted molar refractivity (Wildman–Crippen MR) is 32.5 cm³/mol. The van der Waals surface area contributed by atoms with Gasteiger partial charge in [0, 0.05) is 0 Å². The molecular formula is C7H8O. The molecule has 0 radical (unpaired) electrons. The molecule has 0 N–H and O–H groups in total. The lowest BCUT2D eigenvalue weighted by Crippen LogP contribution is -1.88. The van der Waals surface area contributed by atoms with Gasteiger partial charge in [-0.15, -0.1) is 0 Å². The minimum Gasteiger partial charge on any atom is -0.290 e. The van der Waals surface area contributed by atoms with Crippen molar-refractivity contribution in [1.29, 1.82) is 0 Å². The van der Waals surface area contributed by atoms with E-state index in [1.807, 2.05) is 19.9 Å². The van der Waals surface area contributed by atoms with Gasteiger partial charge < -0.3 is 0 Å². The third-order valence-electron chi connectivity index (χ3n) is 1.45. The molecule has 0 atom stereocenters. The fourth-order valence-electron chi connectivity index (χ4n) is 0.645. The monoisotopic (exact) mass is 108 g/mol. The largest absolute Gasteiger partial charge is 0.290 e. The van der Waals surface area contributed by atoms with Crippen LogP contribution in [-0.4, -0.2) is 5.78 Å². The zero-order valence-corrected chi connectivity index (χ0v) is 5.06. The molecule has 0 aliphatic heterocycles. The molecule has 0 saturated heterocycles. The zero-order chi connectivity index (χ0) is 6.15. The van der Waals surface area contributed by atoms with Crippen LogP contribution in [0.3, 0.4) is 0 Å². The normalized spacial score (nSPS) is 18.5. The number of rotatable bonds is 0. The molecule has 1 nitrogen and oxygen atoms in total. The Bertz CT molecular complexity index is 181. The minimum atomic E-state index is 0.155. The Balaban J connectivity index is 3.02. The van der Waals surface area contributed by atoms with Crippen LogP contribution in [0.15, 0.2) is 23.3 Å². The van der Waals surface area contributed by atoms with Gasteiger partial charge >= 0.3 is 0 Å². The smallest absolute Gasteiger partial charge is 0.181 e. The van der Waals surface area contributed by atoms with E-state index in [4.69, 9.17) is 0 Å². The van der Waals surface area contributed by atoms with Crippen LogP contribution >= 0.6 is 0 Å². The maximum Gasteiger partial charge on any atom is 0.181 e. The first-order valence-electron chi connectivity index (χ1n) is 2.61. The summed E-state index contributed by atoms with van der Waals surface area (Å²) >= 11 is 0. The lowest BCUT2D eigenvalue weighted by atomic mass is 10.2. The molecule has 0 amide bonds. The number of allylic oxidation sites excluding steroid dienone is 4. The van der Waals surface area contributed by atoms with E-state index < -0.39 is 0 Å². The van der Waals surface area contributed by atoms with Crippen molar-refractivity contribution in [2.24, 2.45) is 0 Å². The van der Waals surface area contributed by atoms with E-state index in [1.54, 1.807) is 6.08 Å². The minimum absolute atomic E-state index is 0.155. The zero-order valence-electron chi connectivity index (χ0n) is 5.06. The van der Waals surface area contributed by atoms with Gasteiger partial charge in [0.1, 0.15) is 0 Å². The first-order chi connectivity index (χ1) is 3.72. The molecule has 0 spiro atoms. The van der Waals surface area contributed by atoms with Crippen molar-refractivity contribution in [3.63, 3.8) is 0 Å². The second kappa shape index (κ2) is 1.58. The Morgan fingerprint density at radius 2 is 1.88 bits per heavy atom. The summed E-state index contributed by atoms with van der Waals surface area (Å²) in [5.41, 5.74) is 1.97. The molecule has 0 saturated carbocycles. The number of hydrogen-bond donors (Lipinski definition) is 0. The summed E-state index contributed by atoms with van der Waals surface area (Å²) in [6, 6.07) is 0. The van der Waals surface area contributed by atoms with Crippen LogP contribution in [0.2, 0.25) is 0 Å². The van der Waals surface area contributed by atoms with E-state index in [0.29, 0.717) is 0 Å².